The molecule has 2 aromatic heterocycles. The van der Waals surface area contributed by atoms with Gasteiger partial charge < -0.3 is 15.0 Å². The van der Waals surface area contributed by atoms with E-state index >= 15 is 0 Å². The molecule has 1 saturated heterocycles. The number of hydrogen-bond donors (Lipinski definition) is 1. The van der Waals surface area contributed by atoms with Gasteiger partial charge in [-0.15, -0.1) is 0 Å². The molecule has 8 heteroatoms. The number of aromatic nitrogens is 3. The number of pyridine rings is 1. The first-order valence-electron chi connectivity index (χ1n) is 11.5. The fourth-order valence-corrected chi connectivity index (χ4v) is 4.59. The van der Waals surface area contributed by atoms with E-state index in [4.69, 9.17) is 4.74 Å². The van der Waals surface area contributed by atoms with E-state index in [2.05, 4.69) is 10.3 Å². The van der Waals surface area contributed by atoms with Crippen molar-refractivity contribution in [3.8, 4) is 17.2 Å². The van der Waals surface area contributed by atoms with Crippen molar-refractivity contribution in [2.45, 2.75) is 19.4 Å². The highest BCUT2D eigenvalue weighted by Gasteiger charge is 2.23. The Bertz CT molecular complexity index is 1340. The Labute approximate surface area is 197 Å². The maximum atomic E-state index is 13.7. The predicted molar refractivity (Wildman–Crippen MR) is 132 cm³/mol. The third-order valence-corrected chi connectivity index (χ3v) is 6.39. The number of nitrogens with zero attached hydrogens (tertiary/aromatic N) is 4. The van der Waals surface area contributed by atoms with Gasteiger partial charge in [0.25, 0.3) is 0 Å². The number of piperidine rings is 1. The molecule has 5 rings (SSSR count). The standard InChI is InChI=1S/C26H27N5O3/c1-27-25-24-23(11-14-28-25)30(17-19-12-15-29(18-32)16-13-19)26(33)31(24)20-7-9-22(10-8-20)34-21-5-3-2-4-6-21/h2-11,14,18-19H,12-13,15-17H2,1H3,(H,27,28). The predicted octanol–water partition coefficient (Wildman–Crippen LogP) is 3.89. The highest BCUT2D eigenvalue weighted by Crippen LogP contribution is 2.28. The summed E-state index contributed by atoms with van der Waals surface area (Å²) in [6, 6.07) is 19.0. The summed E-state index contributed by atoms with van der Waals surface area (Å²) in [5.41, 5.74) is 2.23. The number of carbonyl (C=O) groups is 1. The second kappa shape index (κ2) is 9.43. The van der Waals surface area contributed by atoms with Crippen LogP contribution in [-0.2, 0) is 11.3 Å². The molecular formula is C26H27N5O3. The number of carbonyl (C=O) groups excluding carboxylic acids is 1. The van der Waals surface area contributed by atoms with Crippen molar-refractivity contribution in [2.75, 3.05) is 25.5 Å². The van der Waals surface area contributed by atoms with Crippen LogP contribution >= 0.6 is 0 Å². The van der Waals surface area contributed by atoms with Crippen LogP contribution in [0.25, 0.3) is 16.7 Å². The average molecular weight is 458 g/mol. The second-order valence-corrected chi connectivity index (χ2v) is 8.50. The third-order valence-electron chi connectivity index (χ3n) is 6.39. The molecule has 34 heavy (non-hydrogen) atoms. The molecular weight excluding hydrogens is 430 g/mol. The number of rotatable bonds is 7. The van der Waals surface area contributed by atoms with Crippen molar-refractivity contribution in [3.05, 3.63) is 77.3 Å². The molecule has 0 spiro atoms. The first-order chi connectivity index (χ1) is 16.7. The van der Waals surface area contributed by atoms with Crippen LogP contribution in [0.4, 0.5) is 5.82 Å². The molecule has 174 valence electrons. The van der Waals surface area contributed by atoms with Gasteiger partial charge in [0.15, 0.2) is 5.82 Å². The van der Waals surface area contributed by atoms with Crippen LogP contribution < -0.4 is 15.7 Å². The first-order valence-corrected chi connectivity index (χ1v) is 11.5. The number of benzene rings is 2. The Morgan fingerprint density at radius 2 is 1.74 bits per heavy atom. The van der Waals surface area contributed by atoms with Crippen molar-refractivity contribution >= 4 is 23.3 Å². The Kier molecular flexibility index (Phi) is 6.03. The van der Waals surface area contributed by atoms with Crippen molar-refractivity contribution in [2.24, 2.45) is 5.92 Å². The van der Waals surface area contributed by atoms with Crippen LogP contribution in [0.15, 0.2) is 71.7 Å². The van der Waals surface area contributed by atoms with Crippen LogP contribution in [0.3, 0.4) is 0 Å². The van der Waals surface area contributed by atoms with Crippen LogP contribution in [0.1, 0.15) is 12.8 Å². The van der Waals surface area contributed by atoms with E-state index in [9.17, 15) is 9.59 Å². The van der Waals surface area contributed by atoms with E-state index < -0.39 is 0 Å². The van der Waals surface area contributed by atoms with E-state index in [0.29, 0.717) is 24.0 Å². The molecule has 0 unspecified atom stereocenters. The zero-order chi connectivity index (χ0) is 23.5. The molecule has 0 bridgehead atoms. The minimum atomic E-state index is -0.103. The molecule has 1 N–H and O–H groups in total. The third kappa shape index (κ3) is 4.14. The van der Waals surface area contributed by atoms with Gasteiger partial charge in [-0.05, 0) is 61.2 Å². The summed E-state index contributed by atoms with van der Waals surface area (Å²) in [7, 11) is 1.81. The zero-order valence-corrected chi connectivity index (χ0v) is 19.1. The van der Waals surface area contributed by atoms with E-state index in [0.717, 1.165) is 54.8 Å². The molecule has 1 amide bonds. The molecule has 1 aliphatic rings. The zero-order valence-electron chi connectivity index (χ0n) is 19.1. The SMILES string of the molecule is CNc1nccc2c1n(-c1ccc(Oc3ccccc3)cc1)c(=O)n2CC1CCN(C=O)CC1. The van der Waals surface area contributed by atoms with Gasteiger partial charge in [-0.25, -0.2) is 9.78 Å². The Balaban J connectivity index is 1.51. The number of ether oxygens (including phenoxy) is 1. The number of hydrogen-bond acceptors (Lipinski definition) is 5. The lowest BCUT2D eigenvalue weighted by Gasteiger charge is -2.29. The molecule has 2 aromatic carbocycles. The van der Waals surface area contributed by atoms with Gasteiger partial charge >= 0.3 is 5.69 Å². The molecule has 8 nitrogen and oxygen atoms in total. The lowest BCUT2D eigenvalue weighted by molar-refractivity contribution is -0.119. The summed E-state index contributed by atoms with van der Waals surface area (Å²) >= 11 is 0. The number of nitrogens with one attached hydrogen (secondary N) is 1. The monoisotopic (exact) mass is 457 g/mol. The summed E-state index contributed by atoms with van der Waals surface area (Å²) in [6.45, 7) is 2.07. The van der Waals surface area contributed by atoms with Crippen molar-refractivity contribution in [1.82, 2.24) is 19.0 Å². The first kappa shape index (κ1) is 21.8. The largest absolute Gasteiger partial charge is 0.457 e. The molecule has 1 fully saturated rings. The van der Waals surface area contributed by atoms with Crippen LogP contribution in [0, 0.1) is 5.92 Å². The van der Waals surface area contributed by atoms with Crippen LogP contribution in [-0.4, -0.2) is 45.6 Å². The highest BCUT2D eigenvalue weighted by molar-refractivity contribution is 5.88. The van der Waals surface area contributed by atoms with Gasteiger partial charge in [-0.1, -0.05) is 18.2 Å². The summed E-state index contributed by atoms with van der Waals surface area (Å²) in [6.07, 6.45) is 4.39. The maximum Gasteiger partial charge on any atom is 0.333 e. The van der Waals surface area contributed by atoms with E-state index in [1.54, 1.807) is 22.7 Å². The minimum absolute atomic E-state index is 0.103. The summed E-state index contributed by atoms with van der Waals surface area (Å²) in [4.78, 5) is 31.0. The Hall–Kier alpha value is -4.07. The molecule has 1 aliphatic heterocycles. The molecule has 3 heterocycles. The number of likely N-dealkylation sites (tertiary alicyclic amines) is 1. The summed E-state index contributed by atoms with van der Waals surface area (Å²) in [5, 5.41) is 3.13. The van der Waals surface area contributed by atoms with E-state index in [-0.39, 0.29) is 5.69 Å². The maximum absolute atomic E-state index is 13.7. The second-order valence-electron chi connectivity index (χ2n) is 8.50. The summed E-state index contributed by atoms with van der Waals surface area (Å²) < 4.78 is 9.46. The van der Waals surface area contributed by atoms with Gasteiger partial charge in [0, 0.05) is 32.9 Å². The molecule has 0 radical (unpaired) electrons. The van der Waals surface area contributed by atoms with Crippen molar-refractivity contribution in [1.29, 1.82) is 0 Å². The molecule has 4 aromatic rings. The lowest BCUT2D eigenvalue weighted by Crippen LogP contribution is -2.35. The van der Waals surface area contributed by atoms with Crippen molar-refractivity contribution in [3.63, 3.8) is 0 Å². The fraction of sp³-hybridized carbons (Fsp3) is 0.269. The van der Waals surface area contributed by atoms with Gasteiger partial charge in [0.05, 0.1) is 11.2 Å². The lowest BCUT2D eigenvalue weighted by atomic mass is 9.97. The molecule has 0 atom stereocenters. The van der Waals surface area contributed by atoms with Crippen LogP contribution in [0.5, 0.6) is 11.5 Å². The minimum Gasteiger partial charge on any atom is -0.457 e. The number of amides is 1. The normalized spacial score (nSPS) is 14.3. The van der Waals surface area contributed by atoms with Crippen molar-refractivity contribution < 1.29 is 9.53 Å². The number of anilines is 1. The van der Waals surface area contributed by atoms with Gasteiger partial charge in [0.1, 0.15) is 17.0 Å². The van der Waals surface area contributed by atoms with E-state index in [1.807, 2.05) is 65.2 Å². The number of imidazole rings is 1. The topological polar surface area (TPSA) is 81.4 Å². The summed E-state index contributed by atoms with van der Waals surface area (Å²) in [5.74, 6) is 2.43. The Morgan fingerprint density at radius 1 is 1.03 bits per heavy atom. The highest BCUT2D eigenvalue weighted by atomic mass is 16.5. The quantitative estimate of drug-likeness (QED) is 0.426. The molecule has 0 aliphatic carbocycles. The number of para-hydroxylation sites is 1. The average Bonchev–Trinajstić information content (AvgIpc) is 3.17. The van der Waals surface area contributed by atoms with E-state index in [1.165, 1.54) is 0 Å². The number of fused-ring (bicyclic) bond motifs is 1. The fourth-order valence-electron chi connectivity index (χ4n) is 4.59. The Morgan fingerprint density at radius 3 is 2.41 bits per heavy atom. The smallest absolute Gasteiger partial charge is 0.333 e. The van der Waals surface area contributed by atoms with Crippen LogP contribution in [0.2, 0.25) is 0 Å². The van der Waals surface area contributed by atoms with Gasteiger partial charge in [0.2, 0.25) is 6.41 Å². The van der Waals surface area contributed by atoms with Gasteiger partial charge in [-0.3, -0.25) is 13.9 Å². The molecule has 0 saturated carbocycles. The van der Waals surface area contributed by atoms with Gasteiger partial charge in [-0.2, -0.15) is 0 Å².